The van der Waals surface area contributed by atoms with E-state index in [-0.39, 0.29) is 10.8 Å². The molecule has 3 N–H and O–H groups in total. The molecule has 1 aliphatic rings. The summed E-state index contributed by atoms with van der Waals surface area (Å²) in [6.07, 6.45) is 5.38. The number of amides is 1. The Balaban J connectivity index is 2.09. The molecule has 1 fully saturated rings. The number of anilines is 1. The van der Waals surface area contributed by atoms with Crippen molar-refractivity contribution in [1.29, 1.82) is 0 Å². The van der Waals surface area contributed by atoms with Gasteiger partial charge >= 0.3 is 0 Å². The maximum atomic E-state index is 12.7. The largest absolute Gasteiger partial charge is 0.325 e. The summed E-state index contributed by atoms with van der Waals surface area (Å²) in [7, 11) is -3.51. The molecule has 0 unspecified atom stereocenters. The van der Waals surface area contributed by atoms with E-state index in [1.807, 2.05) is 6.26 Å². The Morgan fingerprint density at radius 1 is 1.33 bits per heavy atom. The van der Waals surface area contributed by atoms with E-state index in [1.54, 1.807) is 30.0 Å². The second-order valence-corrected chi connectivity index (χ2v) is 8.79. The van der Waals surface area contributed by atoms with Gasteiger partial charge in [-0.05, 0) is 49.5 Å². The summed E-state index contributed by atoms with van der Waals surface area (Å²) in [4.78, 5) is 12.3. The molecule has 2 rings (SSSR count). The number of benzene rings is 1. The Kier molecular flexibility index (Phi) is 7.09. The number of sulfonamides is 1. The molecule has 0 spiro atoms. The highest BCUT2D eigenvalue weighted by molar-refractivity contribution is 7.98. The summed E-state index contributed by atoms with van der Waals surface area (Å²) in [5.74, 6) is 0.509. The maximum absolute atomic E-state index is 12.7. The summed E-state index contributed by atoms with van der Waals surface area (Å²) < 4.78 is 26.9. The first-order chi connectivity index (χ1) is 11.4. The predicted molar refractivity (Wildman–Crippen MR) is 98.7 cm³/mol. The van der Waals surface area contributed by atoms with Crippen molar-refractivity contribution >= 4 is 33.4 Å². The second kappa shape index (κ2) is 8.84. The van der Waals surface area contributed by atoms with Gasteiger partial charge in [-0.1, -0.05) is 12.5 Å². The van der Waals surface area contributed by atoms with Gasteiger partial charge in [0.25, 0.3) is 0 Å². The molecule has 1 aromatic carbocycles. The van der Waals surface area contributed by atoms with E-state index in [9.17, 15) is 13.2 Å². The number of nitrogens with zero attached hydrogens (tertiary/aromatic N) is 1. The molecule has 8 heteroatoms. The number of carbonyl (C=O) groups excluding carboxylic acids is 1. The first-order valence-electron chi connectivity index (χ1n) is 8.11. The minimum atomic E-state index is -3.51. The third-order valence-corrected chi connectivity index (χ3v) is 6.56. The van der Waals surface area contributed by atoms with Gasteiger partial charge < -0.3 is 11.1 Å². The number of nitrogens with one attached hydrogen (secondary N) is 1. The van der Waals surface area contributed by atoms with Crippen molar-refractivity contribution in [3.8, 4) is 0 Å². The zero-order valence-corrected chi connectivity index (χ0v) is 15.5. The predicted octanol–water partition coefficient (Wildman–Crippen LogP) is 1.88. The van der Waals surface area contributed by atoms with Crippen LogP contribution in [0.5, 0.6) is 0 Å². The molecule has 0 bridgehead atoms. The van der Waals surface area contributed by atoms with E-state index in [2.05, 4.69) is 5.32 Å². The molecule has 1 atom stereocenters. The van der Waals surface area contributed by atoms with Gasteiger partial charge in [0.2, 0.25) is 15.9 Å². The number of hydrogen-bond acceptors (Lipinski definition) is 5. The highest BCUT2D eigenvalue weighted by atomic mass is 32.2. The molecule has 1 amide bonds. The van der Waals surface area contributed by atoms with Gasteiger partial charge in [0.15, 0.2) is 0 Å². The van der Waals surface area contributed by atoms with Crippen molar-refractivity contribution in [1.82, 2.24) is 4.31 Å². The van der Waals surface area contributed by atoms with Gasteiger partial charge in [0.05, 0.1) is 10.9 Å². The lowest BCUT2D eigenvalue weighted by Crippen LogP contribution is -2.36. The van der Waals surface area contributed by atoms with Crippen molar-refractivity contribution in [3.05, 3.63) is 24.3 Å². The van der Waals surface area contributed by atoms with Crippen LogP contribution < -0.4 is 11.1 Å². The molecule has 1 aromatic rings. The molecule has 0 saturated carbocycles. The Morgan fingerprint density at radius 2 is 2.04 bits per heavy atom. The average Bonchev–Trinajstić information content (AvgIpc) is 2.60. The van der Waals surface area contributed by atoms with Crippen LogP contribution in [0.2, 0.25) is 0 Å². The van der Waals surface area contributed by atoms with Crippen molar-refractivity contribution in [2.45, 2.75) is 36.6 Å². The summed E-state index contributed by atoms with van der Waals surface area (Å²) in [5, 5.41) is 2.71. The Hall–Kier alpha value is -1.09. The fourth-order valence-electron chi connectivity index (χ4n) is 2.60. The number of hydrogen-bond donors (Lipinski definition) is 2. The molecule has 0 radical (unpaired) electrons. The topological polar surface area (TPSA) is 92.5 Å². The van der Waals surface area contributed by atoms with Crippen LogP contribution in [0.1, 0.15) is 25.7 Å². The number of piperidine rings is 1. The van der Waals surface area contributed by atoms with Crippen LogP contribution in [0.4, 0.5) is 5.69 Å². The first kappa shape index (κ1) is 19.2. The molecule has 0 aliphatic carbocycles. The Morgan fingerprint density at radius 3 is 2.71 bits per heavy atom. The van der Waals surface area contributed by atoms with Crippen molar-refractivity contribution in [2.75, 3.05) is 30.4 Å². The van der Waals surface area contributed by atoms with Gasteiger partial charge in [-0.3, -0.25) is 4.79 Å². The zero-order valence-electron chi connectivity index (χ0n) is 13.9. The summed E-state index contributed by atoms with van der Waals surface area (Å²) >= 11 is 1.63. The molecule has 0 aromatic heterocycles. The van der Waals surface area contributed by atoms with E-state index in [4.69, 9.17) is 5.73 Å². The third-order valence-electron chi connectivity index (χ3n) is 4.02. The SMILES string of the molecule is CSCC[C@H](N)C(=O)Nc1cccc(S(=O)(=O)N2CCCCC2)c1. The maximum Gasteiger partial charge on any atom is 0.243 e. The Bertz CT molecular complexity index is 658. The van der Waals surface area contributed by atoms with Crippen LogP contribution in [-0.2, 0) is 14.8 Å². The second-order valence-electron chi connectivity index (χ2n) is 5.87. The van der Waals surface area contributed by atoms with E-state index in [0.717, 1.165) is 25.0 Å². The van der Waals surface area contributed by atoms with E-state index in [0.29, 0.717) is 25.2 Å². The van der Waals surface area contributed by atoms with Crippen LogP contribution in [0.3, 0.4) is 0 Å². The average molecular weight is 372 g/mol. The minimum Gasteiger partial charge on any atom is -0.325 e. The van der Waals surface area contributed by atoms with Gasteiger partial charge in [-0.2, -0.15) is 16.1 Å². The highest BCUT2D eigenvalue weighted by Gasteiger charge is 2.26. The number of thioether (sulfide) groups is 1. The Labute approximate surface area is 148 Å². The highest BCUT2D eigenvalue weighted by Crippen LogP contribution is 2.23. The monoisotopic (exact) mass is 371 g/mol. The lowest BCUT2D eigenvalue weighted by Gasteiger charge is -2.26. The van der Waals surface area contributed by atoms with Crippen LogP contribution >= 0.6 is 11.8 Å². The van der Waals surface area contributed by atoms with Crippen LogP contribution in [-0.4, -0.2) is 49.8 Å². The standard InChI is InChI=1S/C16H25N3O3S2/c1-23-11-8-15(17)16(20)18-13-6-5-7-14(12-13)24(21,22)19-9-3-2-4-10-19/h5-7,12,15H,2-4,8-11,17H2,1H3,(H,18,20)/t15-/m0/s1. The lowest BCUT2D eigenvalue weighted by atomic mass is 10.2. The van der Waals surface area contributed by atoms with Crippen molar-refractivity contribution < 1.29 is 13.2 Å². The zero-order chi connectivity index (χ0) is 17.6. The van der Waals surface area contributed by atoms with Crippen molar-refractivity contribution in [2.24, 2.45) is 5.73 Å². The van der Waals surface area contributed by atoms with Gasteiger partial charge in [-0.15, -0.1) is 0 Å². The fraction of sp³-hybridized carbons (Fsp3) is 0.562. The lowest BCUT2D eigenvalue weighted by molar-refractivity contribution is -0.117. The summed E-state index contributed by atoms with van der Waals surface area (Å²) in [6.45, 7) is 1.11. The minimum absolute atomic E-state index is 0.208. The molecule has 1 aliphatic heterocycles. The normalized spacial score (nSPS) is 17.4. The van der Waals surface area contributed by atoms with Crippen LogP contribution in [0.15, 0.2) is 29.2 Å². The van der Waals surface area contributed by atoms with E-state index < -0.39 is 16.1 Å². The van der Waals surface area contributed by atoms with Crippen LogP contribution in [0.25, 0.3) is 0 Å². The third kappa shape index (κ3) is 4.95. The first-order valence-corrected chi connectivity index (χ1v) is 10.9. The van der Waals surface area contributed by atoms with Crippen LogP contribution in [0, 0.1) is 0 Å². The molecular weight excluding hydrogens is 346 g/mol. The molecule has 134 valence electrons. The molecule has 1 saturated heterocycles. The molecule has 1 heterocycles. The number of carbonyl (C=O) groups is 1. The molecular formula is C16H25N3O3S2. The van der Waals surface area contributed by atoms with Crippen molar-refractivity contribution in [3.63, 3.8) is 0 Å². The summed E-state index contributed by atoms with van der Waals surface area (Å²) in [5.41, 5.74) is 6.30. The fourth-order valence-corrected chi connectivity index (χ4v) is 4.65. The molecule has 24 heavy (non-hydrogen) atoms. The number of nitrogens with two attached hydrogens (primary N) is 1. The summed E-state index contributed by atoms with van der Waals surface area (Å²) in [6, 6.07) is 5.78. The number of rotatable bonds is 7. The quantitative estimate of drug-likeness (QED) is 0.763. The smallest absolute Gasteiger partial charge is 0.243 e. The molecule has 6 nitrogen and oxygen atoms in total. The van der Waals surface area contributed by atoms with E-state index in [1.165, 1.54) is 10.4 Å². The van der Waals surface area contributed by atoms with E-state index >= 15 is 0 Å². The van der Waals surface area contributed by atoms with Gasteiger partial charge in [0.1, 0.15) is 0 Å². The van der Waals surface area contributed by atoms with Gasteiger partial charge in [0, 0.05) is 18.8 Å². The van der Waals surface area contributed by atoms with Gasteiger partial charge in [-0.25, -0.2) is 8.42 Å².